The van der Waals surface area contributed by atoms with Crippen molar-refractivity contribution in [3.05, 3.63) is 0 Å². The number of halogens is 1. The molecule has 0 aliphatic heterocycles. The number of hydrogen-bond acceptors (Lipinski definition) is 2. The van der Waals surface area contributed by atoms with E-state index in [4.69, 9.17) is 16.3 Å². The van der Waals surface area contributed by atoms with Crippen LogP contribution >= 0.6 is 11.6 Å². The molecule has 1 aliphatic rings. The van der Waals surface area contributed by atoms with E-state index in [1.807, 2.05) is 0 Å². The van der Waals surface area contributed by atoms with E-state index in [1.54, 1.807) is 7.11 Å². The highest BCUT2D eigenvalue weighted by molar-refractivity contribution is 6.17. The second-order valence-electron chi connectivity index (χ2n) is 4.13. The molecule has 2 nitrogen and oxygen atoms in total. The van der Waals surface area contributed by atoms with Gasteiger partial charge in [-0.05, 0) is 19.3 Å². The van der Waals surface area contributed by atoms with Gasteiger partial charge in [0.25, 0.3) is 0 Å². The SMILES string of the molecule is COCC(CCCl)NC1CCCCC1. The maximum atomic E-state index is 5.75. The summed E-state index contributed by atoms with van der Waals surface area (Å²) in [6.45, 7) is 0.781. The van der Waals surface area contributed by atoms with Crippen molar-refractivity contribution in [2.45, 2.75) is 50.6 Å². The minimum atomic E-state index is 0.445. The first kappa shape index (κ1) is 12.3. The van der Waals surface area contributed by atoms with Crippen molar-refractivity contribution in [2.75, 3.05) is 19.6 Å². The van der Waals surface area contributed by atoms with Crippen LogP contribution in [0.1, 0.15) is 38.5 Å². The summed E-state index contributed by atoms with van der Waals surface area (Å²) < 4.78 is 5.18. The second kappa shape index (κ2) is 7.49. The fraction of sp³-hybridized carbons (Fsp3) is 1.00. The smallest absolute Gasteiger partial charge is 0.0616 e. The second-order valence-corrected chi connectivity index (χ2v) is 4.51. The fourth-order valence-corrected chi connectivity index (χ4v) is 2.41. The number of hydrogen-bond donors (Lipinski definition) is 1. The zero-order chi connectivity index (χ0) is 10.2. The summed E-state index contributed by atoms with van der Waals surface area (Å²) in [4.78, 5) is 0. The molecule has 0 saturated heterocycles. The molecule has 3 heteroatoms. The van der Waals surface area contributed by atoms with Gasteiger partial charge in [-0.15, -0.1) is 11.6 Å². The molecule has 0 radical (unpaired) electrons. The van der Waals surface area contributed by atoms with Gasteiger partial charge in [0, 0.05) is 25.1 Å². The quantitative estimate of drug-likeness (QED) is 0.694. The van der Waals surface area contributed by atoms with Gasteiger partial charge in [0.2, 0.25) is 0 Å². The van der Waals surface area contributed by atoms with Crippen molar-refractivity contribution in [1.82, 2.24) is 5.32 Å². The van der Waals surface area contributed by atoms with Crippen LogP contribution in [-0.2, 0) is 4.74 Å². The number of alkyl halides is 1. The number of rotatable bonds is 6. The highest BCUT2D eigenvalue weighted by atomic mass is 35.5. The van der Waals surface area contributed by atoms with E-state index in [9.17, 15) is 0 Å². The monoisotopic (exact) mass is 219 g/mol. The van der Waals surface area contributed by atoms with Gasteiger partial charge in [0.05, 0.1) is 6.61 Å². The van der Waals surface area contributed by atoms with Crippen LogP contribution in [0.5, 0.6) is 0 Å². The van der Waals surface area contributed by atoms with Gasteiger partial charge in [0.1, 0.15) is 0 Å². The zero-order valence-corrected chi connectivity index (χ0v) is 9.85. The van der Waals surface area contributed by atoms with Crippen LogP contribution in [-0.4, -0.2) is 31.7 Å². The molecule has 1 fully saturated rings. The Morgan fingerprint density at radius 1 is 1.36 bits per heavy atom. The Morgan fingerprint density at radius 2 is 2.07 bits per heavy atom. The molecule has 0 spiro atoms. The lowest BCUT2D eigenvalue weighted by atomic mass is 9.95. The molecule has 0 aromatic rings. The Bertz CT molecular complexity index is 131. The van der Waals surface area contributed by atoms with Gasteiger partial charge < -0.3 is 10.1 Å². The van der Waals surface area contributed by atoms with Crippen molar-refractivity contribution in [2.24, 2.45) is 0 Å². The molecule has 0 aromatic carbocycles. The molecular weight excluding hydrogens is 198 g/mol. The van der Waals surface area contributed by atoms with Crippen LogP contribution < -0.4 is 5.32 Å². The van der Waals surface area contributed by atoms with Crippen LogP contribution in [0.2, 0.25) is 0 Å². The minimum Gasteiger partial charge on any atom is -0.383 e. The van der Waals surface area contributed by atoms with Crippen molar-refractivity contribution in [1.29, 1.82) is 0 Å². The van der Waals surface area contributed by atoms with Gasteiger partial charge in [-0.2, -0.15) is 0 Å². The largest absolute Gasteiger partial charge is 0.383 e. The predicted octanol–water partition coefficient (Wildman–Crippen LogP) is 2.55. The van der Waals surface area contributed by atoms with Crippen LogP contribution in [0.4, 0.5) is 0 Å². The summed E-state index contributed by atoms with van der Waals surface area (Å²) in [5, 5.41) is 3.65. The van der Waals surface area contributed by atoms with Gasteiger partial charge in [-0.25, -0.2) is 0 Å². The fourth-order valence-electron chi connectivity index (χ4n) is 2.15. The molecule has 1 unspecified atom stereocenters. The highest BCUT2D eigenvalue weighted by Crippen LogP contribution is 2.18. The van der Waals surface area contributed by atoms with E-state index in [2.05, 4.69) is 5.32 Å². The summed E-state index contributed by atoms with van der Waals surface area (Å²) >= 11 is 5.75. The molecule has 1 N–H and O–H groups in total. The Morgan fingerprint density at radius 3 is 2.64 bits per heavy atom. The third-order valence-electron chi connectivity index (χ3n) is 2.90. The summed E-state index contributed by atoms with van der Waals surface area (Å²) in [5.41, 5.74) is 0. The first-order valence-electron chi connectivity index (χ1n) is 5.67. The predicted molar refractivity (Wildman–Crippen MR) is 61.0 cm³/mol. The van der Waals surface area contributed by atoms with E-state index in [0.717, 1.165) is 13.0 Å². The molecule has 1 saturated carbocycles. The lowest BCUT2D eigenvalue weighted by molar-refractivity contribution is 0.154. The average Bonchev–Trinajstić information content (AvgIpc) is 2.20. The molecule has 84 valence electrons. The molecular formula is C11H22ClNO. The first-order valence-corrected chi connectivity index (χ1v) is 6.21. The Hall–Kier alpha value is 0.210. The molecule has 0 aromatic heterocycles. The van der Waals surface area contributed by atoms with Crippen LogP contribution in [0.25, 0.3) is 0 Å². The highest BCUT2D eigenvalue weighted by Gasteiger charge is 2.17. The Kier molecular flexibility index (Phi) is 6.57. The van der Waals surface area contributed by atoms with E-state index < -0.39 is 0 Å². The third-order valence-corrected chi connectivity index (χ3v) is 3.12. The van der Waals surface area contributed by atoms with Crippen molar-refractivity contribution in [3.8, 4) is 0 Å². The van der Waals surface area contributed by atoms with Crippen LogP contribution in [0.3, 0.4) is 0 Å². The van der Waals surface area contributed by atoms with Crippen molar-refractivity contribution in [3.63, 3.8) is 0 Å². The minimum absolute atomic E-state index is 0.445. The Balaban J connectivity index is 2.21. The summed E-state index contributed by atoms with van der Waals surface area (Å²) in [5.74, 6) is 0.716. The van der Waals surface area contributed by atoms with E-state index >= 15 is 0 Å². The maximum absolute atomic E-state index is 5.75. The van der Waals surface area contributed by atoms with Crippen molar-refractivity contribution >= 4 is 11.6 Å². The van der Waals surface area contributed by atoms with Gasteiger partial charge in [-0.3, -0.25) is 0 Å². The van der Waals surface area contributed by atoms with Gasteiger partial charge >= 0.3 is 0 Å². The van der Waals surface area contributed by atoms with Crippen LogP contribution in [0, 0.1) is 0 Å². The molecule has 0 heterocycles. The lowest BCUT2D eigenvalue weighted by Gasteiger charge is -2.27. The molecule has 1 atom stereocenters. The van der Waals surface area contributed by atoms with E-state index in [-0.39, 0.29) is 0 Å². The summed E-state index contributed by atoms with van der Waals surface area (Å²) in [6, 6.07) is 1.15. The lowest BCUT2D eigenvalue weighted by Crippen LogP contribution is -2.42. The molecule has 1 aliphatic carbocycles. The number of ether oxygens (including phenoxy) is 1. The summed E-state index contributed by atoms with van der Waals surface area (Å²) in [7, 11) is 1.75. The molecule has 0 amide bonds. The average molecular weight is 220 g/mol. The first-order chi connectivity index (χ1) is 6.86. The molecule has 1 rings (SSSR count). The van der Waals surface area contributed by atoms with Crippen molar-refractivity contribution < 1.29 is 4.74 Å². The normalized spacial score (nSPS) is 21.0. The third kappa shape index (κ3) is 4.63. The zero-order valence-electron chi connectivity index (χ0n) is 9.10. The molecule has 0 bridgehead atoms. The molecule has 14 heavy (non-hydrogen) atoms. The topological polar surface area (TPSA) is 21.3 Å². The number of methoxy groups -OCH3 is 1. The van der Waals surface area contributed by atoms with Gasteiger partial charge in [-0.1, -0.05) is 19.3 Å². The van der Waals surface area contributed by atoms with Gasteiger partial charge in [0.15, 0.2) is 0 Å². The Labute approximate surface area is 92.3 Å². The van der Waals surface area contributed by atoms with E-state index in [1.165, 1.54) is 32.1 Å². The maximum Gasteiger partial charge on any atom is 0.0616 e. The van der Waals surface area contributed by atoms with E-state index in [0.29, 0.717) is 18.0 Å². The standard InChI is InChI=1S/C11H22ClNO/c1-14-9-11(7-8-12)13-10-5-3-2-4-6-10/h10-11,13H,2-9H2,1H3. The summed E-state index contributed by atoms with van der Waals surface area (Å²) in [6.07, 6.45) is 7.80. The number of nitrogens with one attached hydrogen (secondary N) is 1. The van der Waals surface area contributed by atoms with Crippen LogP contribution in [0.15, 0.2) is 0 Å².